The van der Waals surface area contributed by atoms with Crippen LogP contribution in [-0.2, 0) is 11.3 Å². The number of thiophene rings is 1. The maximum Gasteiger partial charge on any atom is 0.234 e. The van der Waals surface area contributed by atoms with Crippen LogP contribution in [0.5, 0.6) is 0 Å². The number of amides is 1. The van der Waals surface area contributed by atoms with E-state index in [1.54, 1.807) is 23.1 Å². The van der Waals surface area contributed by atoms with Gasteiger partial charge in [-0.25, -0.2) is 0 Å². The second-order valence-electron chi connectivity index (χ2n) is 4.64. The third-order valence-electron chi connectivity index (χ3n) is 3.29. The zero-order valence-corrected chi connectivity index (χ0v) is 12.3. The Hall–Kier alpha value is -1.26. The molecule has 98 valence electrons. The van der Waals surface area contributed by atoms with Crippen LogP contribution in [0.25, 0.3) is 0 Å². The second-order valence-corrected chi connectivity index (χ2v) is 6.65. The number of carbonyl (C=O) groups excluding carboxylic acids is 1. The summed E-state index contributed by atoms with van der Waals surface area (Å²) in [6.07, 6.45) is 0. The molecule has 1 aromatic carbocycles. The van der Waals surface area contributed by atoms with Gasteiger partial charge in [0.05, 0.1) is 5.75 Å². The molecule has 0 spiro atoms. The molecule has 4 heteroatoms. The molecule has 0 N–H and O–H groups in total. The average molecular weight is 289 g/mol. The van der Waals surface area contributed by atoms with E-state index in [0.717, 1.165) is 0 Å². The number of nitrogens with zero attached hydrogens (tertiary/aromatic N) is 1. The van der Waals surface area contributed by atoms with Gasteiger partial charge in [0.1, 0.15) is 5.37 Å². The molecule has 2 heterocycles. The van der Waals surface area contributed by atoms with Crippen LogP contribution >= 0.6 is 23.1 Å². The lowest BCUT2D eigenvalue weighted by atomic mass is 10.2. The van der Waals surface area contributed by atoms with E-state index in [1.807, 2.05) is 23.1 Å². The van der Waals surface area contributed by atoms with Crippen molar-refractivity contribution in [3.63, 3.8) is 0 Å². The number of rotatable bonds is 3. The van der Waals surface area contributed by atoms with Gasteiger partial charge in [0.25, 0.3) is 0 Å². The minimum atomic E-state index is 0.188. The van der Waals surface area contributed by atoms with Gasteiger partial charge in [-0.05, 0) is 29.5 Å². The Bertz CT molecular complexity index is 579. The Morgan fingerprint density at radius 1 is 1.26 bits per heavy atom. The molecule has 0 radical (unpaired) electrons. The van der Waals surface area contributed by atoms with Gasteiger partial charge in [-0.3, -0.25) is 4.79 Å². The first-order valence-electron chi connectivity index (χ1n) is 6.24. The van der Waals surface area contributed by atoms with Crippen molar-refractivity contribution in [1.82, 2.24) is 4.90 Å². The molecular weight excluding hydrogens is 274 g/mol. The SMILES string of the molecule is Cc1ccsc1C1SCC(=O)N1Cc1ccccc1. The zero-order chi connectivity index (χ0) is 13.2. The Morgan fingerprint density at radius 3 is 2.74 bits per heavy atom. The Labute approximate surface area is 121 Å². The molecule has 1 atom stereocenters. The molecule has 1 unspecified atom stereocenters. The van der Waals surface area contributed by atoms with E-state index in [0.29, 0.717) is 12.3 Å². The van der Waals surface area contributed by atoms with Gasteiger partial charge in [-0.1, -0.05) is 30.3 Å². The lowest BCUT2D eigenvalue weighted by Gasteiger charge is -2.23. The molecule has 2 nitrogen and oxygen atoms in total. The highest BCUT2D eigenvalue weighted by Gasteiger charge is 2.34. The first-order chi connectivity index (χ1) is 9.25. The molecule has 1 aliphatic rings. The summed E-state index contributed by atoms with van der Waals surface area (Å²) in [7, 11) is 0. The number of carbonyl (C=O) groups is 1. The lowest BCUT2D eigenvalue weighted by Crippen LogP contribution is -2.27. The third kappa shape index (κ3) is 2.55. The summed E-state index contributed by atoms with van der Waals surface area (Å²) in [4.78, 5) is 15.4. The average Bonchev–Trinajstić information content (AvgIpc) is 2.99. The molecular formula is C15H15NOS2. The van der Waals surface area contributed by atoms with E-state index in [4.69, 9.17) is 0 Å². The summed E-state index contributed by atoms with van der Waals surface area (Å²) in [5.74, 6) is 0.834. The quantitative estimate of drug-likeness (QED) is 0.856. The van der Waals surface area contributed by atoms with Crippen molar-refractivity contribution in [2.75, 3.05) is 5.75 Å². The molecule has 0 bridgehead atoms. The molecule has 1 amide bonds. The first kappa shape index (κ1) is 12.8. The van der Waals surface area contributed by atoms with Crippen LogP contribution < -0.4 is 0 Å². The van der Waals surface area contributed by atoms with E-state index >= 15 is 0 Å². The van der Waals surface area contributed by atoms with Crippen molar-refractivity contribution in [2.45, 2.75) is 18.8 Å². The van der Waals surface area contributed by atoms with Crippen molar-refractivity contribution in [3.05, 3.63) is 57.8 Å². The number of hydrogen-bond donors (Lipinski definition) is 0. The lowest BCUT2D eigenvalue weighted by molar-refractivity contribution is -0.128. The molecule has 1 fully saturated rings. The summed E-state index contributed by atoms with van der Waals surface area (Å²) in [6.45, 7) is 2.82. The van der Waals surface area contributed by atoms with Gasteiger partial charge in [0, 0.05) is 11.4 Å². The van der Waals surface area contributed by atoms with E-state index in [1.165, 1.54) is 16.0 Å². The van der Waals surface area contributed by atoms with Crippen molar-refractivity contribution in [3.8, 4) is 0 Å². The molecule has 19 heavy (non-hydrogen) atoms. The fourth-order valence-corrected chi connectivity index (χ4v) is 4.72. The monoisotopic (exact) mass is 289 g/mol. The smallest absolute Gasteiger partial charge is 0.234 e. The van der Waals surface area contributed by atoms with E-state index < -0.39 is 0 Å². The van der Waals surface area contributed by atoms with Gasteiger partial charge in [-0.15, -0.1) is 23.1 Å². The number of thioether (sulfide) groups is 1. The maximum absolute atomic E-state index is 12.1. The number of hydrogen-bond acceptors (Lipinski definition) is 3. The fourth-order valence-electron chi connectivity index (χ4n) is 2.26. The minimum absolute atomic E-state index is 0.188. The number of aryl methyl sites for hydroxylation is 1. The first-order valence-corrected chi connectivity index (χ1v) is 8.17. The molecule has 2 aromatic rings. The van der Waals surface area contributed by atoms with E-state index in [-0.39, 0.29) is 11.3 Å². The van der Waals surface area contributed by atoms with Crippen LogP contribution in [0.4, 0.5) is 0 Å². The van der Waals surface area contributed by atoms with Crippen molar-refractivity contribution >= 4 is 29.0 Å². The largest absolute Gasteiger partial charge is 0.321 e. The predicted molar refractivity (Wildman–Crippen MR) is 81.2 cm³/mol. The highest BCUT2D eigenvalue weighted by Crippen LogP contribution is 2.42. The molecule has 1 aliphatic heterocycles. The molecule has 3 rings (SSSR count). The Kier molecular flexibility index (Phi) is 3.62. The van der Waals surface area contributed by atoms with Gasteiger partial charge in [0.15, 0.2) is 0 Å². The molecule has 1 saturated heterocycles. The molecule has 0 saturated carbocycles. The topological polar surface area (TPSA) is 20.3 Å². The van der Waals surface area contributed by atoms with Gasteiger partial charge in [-0.2, -0.15) is 0 Å². The second kappa shape index (κ2) is 5.39. The normalized spacial score (nSPS) is 19.1. The van der Waals surface area contributed by atoms with Gasteiger partial charge < -0.3 is 4.90 Å². The summed E-state index contributed by atoms with van der Waals surface area (Å²) in [6, 6.07) is 12.3. The third-order valence-corrected chi connectivity index (χ3v) is 5.73. The van der Waals surface area contributed by atoms with Gasteiger partial charge >= 0.3 is 0 Å². The summed E-state index contributed by atoms with van der Waals surface area (Å²) in [5, 5.41) is 2.29. The van der Waals surface area contributed by atoms with Crippen LogP contribution in [-0.4, -0.2) is 16.6 Å². The van der Waals surface area contributed by atoms with Crippen LogP contribution in [0.15, 0.2) is 41.8 Å². The van der Waals surface area contributed by atoms with E-state index in [2.05, 4.69) is 30.5 Å². The van der Waals surface area contributed by atoms with Crippen molar-refractivity contribution in [2.24, 2.45) is 0 Å². The minimum Gasteiger partial charge on any atom is -0.321 e. The van der Waals surface area contributed by atoms with Crippen LogP contribution in [0.1, 0.15) is 21.4 Å². The summed E-state index contributed by atoms with van der Waals surface area (Å²) in [5.41, 5.74) is 2.48. The molecule has 1 aromatic heterocycles. The van der Waals surface area contributed by atoms with Gasteiger partial charge in [0.2, 0.25) is 5.91 Å². The summed E-state index contributed by atoms with van der Waals surface area (Å²) < 4.78 is 0. The van der Waals surface area contributed by atoms with Crippen LogP contribution in [0.2, 0.25) is 0 Å². The number of benzene rings is 1. The fraction of sp³-hybridized carbons (Fsp3) is 0.267. The highest BCUT2D eigenvalue weighted by atomic mass is 32.2. The van der Waals surface area contributed by atoms with Crippen LogP contribution in [0.3, 0.4) is 0 Å². The Balaban J connectivity index is 1.85. The zero-order valence-electron chi connectivity index (χ0n) is 10.7. The predicted octanol–water partition coefficient (Wildman–Crippen LogP) is 3.83. The highest BCUT2D eigenvalue weighted by molar-refractivity contribution is 8.00. The van der Waals surface area contributed by atoms with E-state index in [9.17, 15) is 4.79 Å². The van der Waals surface area contributed by atoms with Crippen molar-refractivity contribution in [1.29, 1.82) is 0 Å². The van der Waals surface area contributed by atoms with Crippen molar-refractivity contribution < 1.29 is 4.79 Å². The maximum atomic E-state index is 12.1. The standard InChI is InChI=1S/C15H15NOS2/c1-11-7-8-18-14(11)15-16(13(17)10-19-15)9-12-5-3-2-4-6-12/h2-8,15H,9-10H2,1H3. The van der Waals surface area contributed by atoms with Crippen LogP contribution in [0, 0.1) is 6.92 Å². The summed E-state index contributed by atoms with van der Waals surface area (Å²) >= 11 is 3.48. The Morgan fingerprint density at radius 2 is 2.05 bits per heavy atom. The molecule has 0 aliphatic carbocycles.